The SMILES string of the molecule is COCOc1cc(OC)cc(OCOC)c1C1=CC(=O)O[C@@H](CCc2ccc(OCc3ccccc3)cc2)C1. The Bertz CT molecular complexity index is 1210. The molecule has 0 N–H and O–H groups in total. The van der Waals surface area contributed by atoms with Crippen LogP contribution in [0, 0.1) is 0 Å². The van der Waals surface area contributed by atoms with Crippen LogP contribution in [0.3, 0.4) is 0 Å². The fourth-order valence-corrected chi connectivity index (χ4v) is 4.32. The van der Waals surface area contributed by atoms with E-state index in [1.807, 2.05) is 54.6 Å². The summed E-state index contributed by atoms with van der Waals surface area (Å²) in [5.74, 6) is 1.91. The Morgan fingerprint density at radius 3 is 2.08 bits per heavy atom. The van der Waals surface area contributed by atoms with Gasteiger partial charge in [-0.25, -0.2) is 4.79 Å². The van der Waals surface area contributed by atoms with Crippen LogP contribution in [0.15, 0.2) is 72.8 Å². The summed E-state index contributed by atoms with van der Waals surface area (Å²) < 4.78 is 38.8. The number of ether oxygens (including phenoxy) is 7. The zero-order valence-corrected chi connectivity index (χ0v) is 22.5. The van der Waals surface area contributed by atoms with Crippen LogP contribution < -0.4 is 18.9 Å². The molecule has 1 heterocycles. The maximum atomic E-state index is 12.6. The normalized spacial score (nSPS) is 14.8. The Morgan fingerprint density at radius 2 is 1.46 bits per heavy atom. The maximum Gasteiger partial charge on any atom is 0.331 e. The smallest absolute Gasteiger partial charge is 0.331 e. The van der Waals surface area contributed by atoms with Crippen molar-refractivity contribution in [3.8, 4) is 23.0 Å². The molecular weight excluding hydrogens is 500 g/mol. The highest BCUT2D eigenvalue weighted by molar-refractivity contribution is 5.95. The molecule has 0 amide bonds. The number of cyclic esters (lactones) is 1. The molecular formula is C31H34O8. The first-order valence-corrected chi connectivity index (χ1v) is 12.7. The summed E-state index contributed by atoms with van der Waals surface area (Å²) in [5.41, 5.74) is 3.65. The summed E-state index contributed by atoms with van der Waals surface area (Å²) >= 11 is 0. The van der Waals surface area contributed by atoms with Crippen LogP contribution in [0.1, 0.15) is 29.5 Å². The summed E-state index contributed by atoms with van der Waals surface area (Å²) in [6.45, 7) is 0.567. The van der Waals surface area contributed by atoms with Crippen molar-refractivity contribution < 1.29 is 38.0 Å². The van der Waals surface area contributed by atoms with Gasteiger partial charge in [-0.15, -0.1) is 0 Å². The second-order valence-corrected chi connectivity index (χ2v) is 8.99. The molecule has 4 rings (SSSR count). The van der Waals surface area contributed by atoms with E-state index in [0.29, 0.717) is 42.3 Å². The number of aryl methyl sites for hydroxylation is 1. The number of benzene rings is 3. The number of carbonyl (C=O) groups excluding carboxylic acids is 1. The Labute approximate surface area is 229 Å². The van der Waals surface area contributed by atoms with E-state index < -0.39 is 5.97 Å². The third-order valence-electron chi connectivity index (χ3n) is 6.21. The molecule has 206 valence electrons. The second-order valence-electron chi connectivity index (χ2n) is 8.99. The lowest BCUT2D eigenvalue weighted by Crippen LogP contribution is -2.23. The van der Waals surface area contributed by atoms with Gasteiger partial charge in [0.1, 0.15) is 35.7 Å². The van der Waals surface area contributed by atoms with Gasteiger partial charge in [0.2, 0.25) is 0 Å². The predicted octanol–water partition coefficient (Wildman–Crippen LogP) is 5.57. The molecule has 0 aromatic heterocycles. The van der Waals surface area contributed by atoms with E-state index in [-0.39, 0.29) is 19.7 Å². The van der Waals surface area contributed by atoms with E-state index in [4.69, 9.17) is 33.2 Å². The number of hydrogen-bond donors (Lipinski definition) is 0. The average Bonchev–Trinajstić information content (AvgIpc) is 2.97. The van der Waals surface area contributed by atoms with E-state index in [1.54, 1.807) is 19.2 Å². The summed E-state index contributed by atoms with van der Waals surface area (Å²) in [6.07, 6.45) is 3.08. The first-order valence-electron chi connectivity index (χ1n) is 12.7. The summed E-state index contributed by atoms with van der Waals surface area (Å²) in [7, 11) is 4.64. The number of esters is 1. The molecule has 0 unspecified atom stereocenters. The topological polar surface area (TPSA) is 81.7 Å². The van der Waals surface area contributed by atoms with Gasteiger partial charge in [-0.05, 0) is 41.7 Å². The van der Waals surface area contributed by atoms with Crippen molar-refractivity contribution in [2.45, 2.75) is 32.0 Å². The number of hydrogen-bond acceptors (Lipinski definition) is 8. The summed E-state index contributed by atoms with van der Waals surface area (Å²) in [5, 5.41) is 0. The Balaban J connectivity index is 1.44. The molecule has 1 aliphatic rings. The van der Waals surface area contributed by atoms with Gasteiger partial charge in [0, 0.05) is 38.8 Å². The zero-order valence-electron chi connectivity index (χ0n) is 22.5. The van der Waals surface area contributed by atoms with E-state index in [2.05, 4.69) is 0 Å². The molecule has 39 heavy (non-hydrogen) atoms. The van der Waals surface area contributed by atoms with Crippen LogP contribution in [0.5, 0.6) is 23.0 Å². The van der Waals surface area contributed by atoms with Gasteiger partial charge in [0.15, 0.2) is 13.6 Å². The number of methoxy groups -OCH3 is 3. The van der Waals surface area contributed by atoms with Crippen LogP contribution in [-0.4, -0.2) is 47.0 Å². The van der Waals surface area contributed by atoms with Crippen molar-refractivity contribution in [1.82, 2.24) is 0 Å². The third kappa shape index (κ3) is 7.99. The minimum absolute atomic E-state index is 0.0239. The highest BCUT2D eigenvalue weighted by Gasteiger charge is 2.27. The van der Waals surface area contributed by atoms with Gasteiger partial charge in [0.25, 0.3) is 0 Å². The largest absolute Gasteiger partial charge is 0.496 e. The van der Waals surface area contributed by atoms with E-state index in [0.717, 1.165) is 28.9 Å². The Morgan fingerprint density at radius 1 is 0.795 bits per heavy atom. The fourth-order valence-electron chi connectivity index (χ4n) is 4.32. The lowest BCUT2D eigenvalue weighted by atomic mass is 9.93. The average molecular weight is 535 g/mol. The molecule has 3 aromatic carbocycles. The maximum absolute atomic E-state index is 12.6. The molecule has 8 heteroatoms. The monoisotopic (exact) mass is 534 g/mol. The number of carbonyl (C=O) groups is 1. The van der Waals surface area contributed by atoms with Gasteiger partial charge in [0.05, 0.1) is 12.7 Å². The highest BCUT2D eigenvalue weighted by Crippen LogP contribution is 2.42. The molecule has 3 aromatic rings. The second kappa shape index (κ2) is 14.2. The molecule has 1 atom stereocenters. The summed E-state index contributed by atoms with van der Waals surface area (Å²) in [4.78, 5) is 12.6. The van der Waals surface area contributed by atoms with Crippen LogP contribution in [0.25, 0.3) is 5.57 Å². The highest BCUT2D eigenvalue weighted by atomic mass is 16.7. The molecule has 1 aliphatic heterocycles. The predicted molar refractivity (Wildman–Crippen MR) is 146 cm³/mol. The van der Waals surface area contributed by atoms with Crippen LogP contribution >= 0.6 is 0 Å². The first-order chi connectivity index (χ1) is 19.1. The number of rotatable bonds is 14. The van der Waals surface area contributed by atoms with Crippen LogP contribution in [-0.2, 0) is 32.0 Å². The molecule has 8 nitrogen and oxygen atoms in total. The Kier molecular flexibility index (Phi) is 10.2. The van der Waals surface area contributed by atoms with Crippen LogP contribution in [0.4, 0.5) is 0 Å². The van der Waals surface area contributed by atoms with Gasteiger partial charge in [-0.1, -0.05) is 42.5 Å². The molecule has 0 saturated carbocycles. The molecule has 0 bridgehead atoms. The van der Waals surface area contributed by atoms with E-state index in [1.165, 1.54) is 20.3 Å². The summed E-state index contributed by atoms with van der Waals surface area (Å²) in [6, 6.07) is 21.5. The first kappa shape index (κ1) is 28.0. The standard InChI is InChI=1S/C31H34O8/c1-33-20-37-28-17-27(35-3)18-29(38-21-34-2)31(28)24-15-26(39-30(32)16-24)14-11-22-9-12-25(13-10-22)36-19-23-7-5-4-6-8-23/h4-10,12-13,16-18,26H,11,14-15,19-21H2,1-3H3/t26-/m0/s1. The Hall–Kier alpha value is -4.01. The molecule has 0 saturated heterocycles. The van der Waals surface area contributed by atoms with Crippen molar-refractivity contribution in [3.63, 3.8) is 0 Å². The van der Waals surface area contributed by atoms with Crippen LogP contribution in [0.2, 0.25) is 0 Å². The zero-order chi connectivity index (χ0) is 27.5. The van der Waals surface area contributed by atoms with Gasteiger partial charge >= 0.3 is 5.97 Å². The van der Waals surface area contributed by atoms with Crippen molar-refractivity contribution >= 4 is 11.5 Å². The molecule has 0 aliphatic carbocycles. The van der Waals surface area contributed by atoms with E-state index >= 15 is 0 Å². The molecule has 0 spiro atoms. The van der Waals surface area contributed by atoms with E-state index in [9.17, 15) is 4.79 Å². The molecule has 0 fully saturated rings. The van der Waals surface area contributed by atoms with Crippen molar-refractivity contribution in [2.24, 2.45) is 0 Å². The van der Waals surface area contributed by atoms with Crippen molar-refractivity contribution in [1.29, 1.82) is 0 Å². The molecule has 0 radical (unpaired) electrons. The third-order valence-corrected chi connectivity index (χ3v) is 6.21. The van der Waals surface area contributed by atoms with Crippen molar-refractivity contribution in [3.05, 3.63) is 89.5 Å². The van der Waals surface area contributed by atoms with Gasteiger partial charge in [-0.2, -0.15) is 0 Å². The fraction of sp³-hybridized carbons (Fsp3) is 0.323. The van der Waals surface area contributed by atoms with Gasteiger partial charge < -0.3 is 33.2 Å². The minimum Gasteiger partial charge on any atom is -0.496 e. The lowest BCUT2D eigenvalue weighted by Gasteiger charge is -2.26. The van der Waals surface area contributed by atoms with Gasteiger partial charge in [-0.3, -0.25) is 0 Å². The minimum atomic E-state index is -0.405. The lowest BCUT2D eigenvalue weighted by molar-refractivity contribution is -0.143. The quantitative estimate of drug-likeness (QED) is 0.196. The van der Waals surface area contributed by atoms with Crippen molar-refractivity contribution in [2.75, 3.05) is 34.9 Å².